The highest BCUT2D eigenvalue weighted by Crippen LogP contribution is 2.24. The van der Waals surface area contributed by atoms with Crippen LogP contribution in [0.5, 0.6) is 0 Å². The summed E-state index contributed by atoms with van der Waals surface area (Å²) in [6, 6.07) is -0.125. The van der Waals surface area contributed by atoms with Gasteiger partial charge in [0.2, 0.25) is 20.0 Å². The molecule has 0 amide bonds. The highest BCUT2D eigenvalue weighted by atomic mass is 35.5. The molecule has 0 aromatic rings. The van der Waals surface area contributed by atoms with E-state index in [1.807, 2.05) is 6.92 Å². The van der Waals surface area contributed by atoms with E-state index in [1.165, 1.54) is 0 Å². The Labute approximate surface area is 133 Å². The van der Waals surface area contributed by atoms with E-state index >= 15 is 0 Å². The first-order valence-corrected chi connectivity index (χ1v) is 11.2. The number of alkyl halides is 1. The fourth-order valence-electron chi connectivity index (χ4n) is 2.54. The zero-order valence-corrected chi connectivity index (χ0v) is 15.0. The molecule has 1 heterocycles. The second-order valence-corrected chi connectivity index (χ2v) is 9.86. The third kappa shape index (κ3) is 6.81. The molecule has 0 aromatic heterocycles. The van der Waals surface area contributed by atoms with Crippen molar-refractivity contribution in [1.82, 2.24) is 9.03 Å². The molecule has 0 radical (unpaired) electrons. The van der Waals surface area contributed by atoms with Crippen LogP contribution < -0.4 is 4.72 Å². The summed E-state index contributed by atoms with van der Waals surface area (Å²) < 4.78 is 51.0. The fourth-order valence-corrected chi connectivity index (χ4v) is 5.37. The molecule has 21 heavy (non-hydrogen) atoms. The largest absolute Gasteiger partial charge is 0.215 e. The van der Waals surface area contributed by atoms with Gasteiger partial charge in [-0.2, -0.15) is 4.31 Å². The van der Waals surface area contributed by atoms with Gasteiger partial charge in [-0.1, -0.05) is 13.3 Å². The van der Waals surface area contributed by atoms with Gasteiger partial charge < -0.3 is 0 Å². The highest BCUT2D eigenvalue weighted by Gasteiger charge is 2.32. The van der Waals surface area contributed by atoms with Crippen molar-refractivity contribution in [2.75, 3.05) is 31.0 Å². The molecule has 0 saturated carbocycles. The van der Waals surface area contributed by atoms with Crippen molar-refractivity contribution < 1.29 is 16.8 Å². The first-order valence-electron chi connectivity index (χ1n) is 7.16. The van der Waals surface area contributed by atoms with Gasteiger partial charge in [0, 0.05) is 25.0 Å². The van der Waals surface area contributed by atoms with Crippen molar-refractivity contribution in [3.63, 3.8) is 0 Å². The molecular weight excluding hydrogens is 336 g/mol. The van der Waals surface area contributed by atoms with Crippen LogP contribution in [0.4, 0.5) is 0 Å². The van der Waals surface area contributed by atoms with E-state index in [2.05, 4.69) is 4.72 Å². The Balaban J connectivity index is 2.68. The summed E-state index contributed by atoms with van der Waals surface area (Å²) in [4.78, 5) is 0. The molecule has 0 spiro atoms. The molecule has 0 bridgehead atoms. The van der Waals surface area contributed by atoms with Gasteiger partial charge in [0.1, 0.15) is 0 Å². The molecule has 2 atom stereocenters. The van der Waals surface area contributed by atoms with E-state index in [-0.39, 0.29) is 24.3 Å². The van der Waals surface area contributed by atoms with E-state index in [1.54, 1.807) is 4.31 Å². The molecule has 0 aliphatic carbocycles. The summed E-state index contributed by atoms with van der Waals surface area (Å²) in [5.74, 6) is 0.272. The van der Waals surface area contributed by atoms with Crippen LogP contribution in [0.1, 0.15) is 32.6 Å². The standard InChI is InChI=1S/C12H25ClN2O4S2/c1-11(9-13)10-21(18,19)15-8-4-3-5-12(15)6-7-14-20(2,16)17/h11-12,14H,3-10H2,1-2H3. The molecular formula is C12H25ClN2O4S2. The molecule has 9 heteroatoms. The molecule has 1 aliphatic heterocycles. The third-order valence-electron chi connectivity index (χ3n) is 3.53. The van der Waals surface area contributed by atoms with E-state index in [4.69, 9.17) is 11.6 Å². The summed E-state index contributed by atoms with van der Waals surface area (Å²) in [6.45, 7) is 2.59. The zero-order chi connectivity index (χ0) is 16.1. The minimum absolute atomic E-state index is 0.0481. The summed E-state index contributed by atoms with van der Waals surface area (Å²) in [7, 11) is -6.57. The first-order chi connectivity index (χ1) is 9.65. The Morgan fingerprint density at radius 1 is 1.29 bits per heavy atom. The Morgan fingerprint density at radius 3 is 2.52 bits per heavy atom. The Kier molecular flexibility index (Phi) is 7.39. The molecule has 1 fully saturated rings. The Bertz CT molecular complexity index is 521. The average molecular weight is 361 g/mol. The van der Waals surface area contributed by atoms with E-state index in [0.717, 1.165) is 25.5 Å². The van der Waals surface area contributed by atoms with Gasteiger partial charge in [0.25, 0.3) is 0 Å². The predicted octanol–water partition coefficient (Wildman–Crippen LogP) is 0.985. The zero-order valence-electron chi connectivity index (χ0n) is 12.6. The number of nitrogens with one attached hydrogen (secondary N) is 1. The van der Waals surface area contributed by atoms with E-state index in [0.29, 0.717) is 18.8 Å². The number of halogens is 1. The van der Waals surface area contributed by atoms with Crippen LogP contribution in [0, 0.1) is 5.92 Å². The number of rotatable bonds is 8. The number of nitrogens with zero attached hydrogens (tertiary/aromatic N) is 1. The van der Waals surface area contributed by atoms with Crippen LogP contribution in [0.25, 0.3) is 0 Å². The van der Waals surface area contributed by atoms with Crippen LogP contribution in [0.15, 0.2) is 0 Å². The Morgan fingerprint density at radius 2 is 1.95 bits per heavy atom. The minimum Gasteiger partial charge on any atom is -0.215 e. The second kappa shape index (κ2) is 8.10. The summed E-state index contributed by atoms with van der Waals surface area (Å²) >= 11 is 5.71. The van der Waals surface area contributed by atoms with Crippen LogP contribution in [-0.4, -0.2) is 58.2 Å². The molecule has 0 aromatic carbocycles. The lowest BCUT2D eigenvalue weighted by atomic mass is 10.0. The SMILES string of the molecule is CC(CCl)CS(=O)(=O)N1CCCCC1CCNS(C)(=O)=O. The van der Waals surface area contributed by atoms with Crippen molar-refractivity contribution in [1.29, 1.82) is 0 Å². The smallest absolute Gasteiger partial charge is 0.214 e. The molecule has 2 unspecified atom stereocenters. The summed E-state index contributed by atoms with van der Waals surface area (Å²) in [5.41, 5.74) is 0. The fraction of sp³-hybridized carbons (Fsp3) is 1.00. The lowest BCUT2D eigenvalue weighted by molar-refractivity contribution is 0.241. The quantitative estimate of drug-likeness (QED) is 0.654. The van der Waals surface area contributed by atoms with Crippen molar-refractivity contribution in [3.8, 4) is 0 Å². The molecule has 1 rings (SSSR count). The van der Waals surface area contributed by atoms with E-state index in [9.17, 15) is 16.8 Å². The van der Waals surface area contributed by atoms with Gasteiger partial charge in [0.15, 0.2) is 0 Å². The molecule has 1 aliphatic rings. The lowest BCUT2D eigenvalue weighted by Crippen LogP contribution is -2.46. The first kappa shape index (κ1) is 19.2. The summed E-state index contributed by atoms with van der Waals surface area (Å²) in [5, 5.41) is 0. The monoisotopic (exact) mass is 360 g/mol. The molecule has 1 saturated heterocycles. The number of sulfonamides is 2. The van der Waals surface area contributed by atoms with Crippen LogP contribution in [0.2, 0.25) is 0 Å². The van der Waals surface area contributed by atoms with Gasteiger partial charge in [-0.3, -0.25) is 0 Å². The van der Waals surface area contributed by atoms with Gasteiger partial charge in [-0.25, -0.2) is 21.6 Å². The maximum atomic E-state index is 12.5. The van der Waals surface area contributed by atoms with Crippen molar-refractivity contribution in [2.24, 2.45) is 5.92 Å². The topological polar surface area (TPSA) is 83.6 Å². The summed E-state index contributed by atoms with van der Waals surface area (Å²) in [6.07, 6.45) is 4.21. The minimum atomic E-state index is -3.34. The van der Waals surface area contributed by atoms with Gasteiger partial charge >= 0.3 is 0 Å². The maximum absolute atomic E-state index is 12.5. The number of piperidine rings is 1. The molecule has 1 N–H and O–H groups in total. The lowest BCUT2D eigenvalue weighted by Gasteiger charge is -2.35. The van der Waals surface area contributed by atoms with Crippen molar-refractivity contribution in [3.05, 3.63) is 0 Å². The molecule has 126 valence electrons. The van der Waals surface area contributed by atoms with Crippen LogP contribution >= 0.6 is 11.6 Å². The van der Waals surface area contributed by atoms with Crippen molar-refractivity contribution >= 4 is 31.6 Å². The van der Waals surface area contributed by atoms with Gasteiger partial charge in [-0.05, 0) is 25.2 Å². The van der Waals surface area contributed by atoms with E-state index < -0.39 is 20.0 Å². The normalized spacial score (nSPS) is 23.1. The highest BCUT2D eigenvalue weighted by molar-refractivity contribution is 7.89. The number of hydrogen-bond acceptors (Lipinski definition) is 4. The molecule has 6 nitrogen and oxygen atoms in total. The number of hydrogen-bond donors (Lipinski definition) is 1. The van der Waals surface area contributed by atoms with Gasteiger partial charge in [0.05, 0.1) is 12.0 Å². The Hall–Kier alpha value is 0.110. The van der Waals surface area contributed by atoms with Crippen LogP contribution in [0.3, 0.4) is 0 Å². The van der Waals surface area contributed by atoms with Crippen LogP contribution in [-0.2, 0) is 20.0 Å². The van der Waals surface area contributed by atoms with Gasteiger partial charge in [-0.15, -0.1) is 11.6 Å². The maximum Gasteiger partial charge on any atom is 0.214 e. The third-order valence-corrected chi connectivity index (χ3v) is 6.97. The average Bonchev–Trinajstić information content (AvgIpc) is 2.37. The predicted molar refractivity (Wildman–Crippen MR) is 85.5 cm³/mol. The van der Waals surface area contributed by atoms with Crippen molar-refractivity contribution in [2.45, 2.75) is 38.6 Å². The second-order valence-electron chi connectivity index (χ2n) is 5.75.